The fourth-order valence-corrected chi connectivity index (χ4v) is 3.02. The van der Waals surface area contributed by atoms with Gasteiger partial charge in [0.2, 0.25) is 0 Å². The van der Waals surface area contributed by atoms with Crippen LogP contribution in [0, 0.1) is 0 Å². The van der Waals surface area contributed by atoms with E-state index in [-0.39, 0.29) is 0 Å². The minimum atomic E-state index is 0.650. The molecule has 0 heterocycles. The monoisotopic (exact) mass is 226 g/mol. The molecule has 1 rings (SSSR count). The SMILES string of the molecule is CCNC(CC)C(C)N(C)C1CCCCC1. The van der Waals surface area contributed by atoms with E-state index in [1.165, 1.54) is 38.5 Å². The van der Waals surface area contributed by atoms with Crippen molar-refractivity contribution in [1.82, 2.24) is 10.2 Å². The molecule has 0 radical (unpaired) electrons. The number of likely N-dealkylation sites (N-methyl/N-ethyl adjacent to an activating group) is 2. The van der Waals surface area contributed by atoms with Crippen LogP contribution in [0.25, 0.3) is 0 Å². The van der Waals surface area contributed by atoms with Crippen molar-refractivity contribution in [2.75, 3.05) is 13.6 Å². The minimum absolute atomic E-state index is 0.650. The normalized spacial score (nSPS) is 22.3. The lowest BCUT2D eigenvalue weighted by molar-refractivity contribution is 0.119. The zero-order valence-corrected chi connectivity index (χ0v) is 11.6. The second-order valence-corrected chi connectivity index (χ2v) is 5.27. The molecule has 2 unspecified atom stereocenters. The number of rotatable bonds is 6. The fraction of sp³-hybridized carbons (Fsp3) is 1.00. The maximum absolute atomic E-state index is 3.61. The van der Waals surface area contributed by atoms with Gasteiger partial charge in [0.05, 0.1) is 0 Å². The van der Waals surface area contributed by atoms with Crippen molar-refractivity contribution in [3.63, 3.8) is 0 Å². The molecule has 96 valence electrons. The van der Waals surface area contributed by atoms with Crippen molar-refractivity contribution < 1.29 is 0 Å². The Kier molecular flexibility index (Phi) is 6.37. The van der Waals surface area contributed by atoms with Gasteiger partial charge in [-0.25, -0.2) is 0 Å². The molecule has 0 amide bonds. The highest BCUT2D eigenvalue weighted by molar-refractivity contribution is 4.84. The van der Waals surface area contributed by atoms with Crippen molar-refractivity contribution in [1.29, 1.82) is 0 Å². The van der Waals surface area contributed by atoms with E-state index in [0.29, 0.717) is 12.1 Å². The van der Waals surface area contributed by atoms with Gasteiger partial charge in [0.1, 0.15) is 0 Å². The summed E-state index contributed by atoms with van der Waals surface area (Å²) < 4.78 is 0. The molecule has 1 fully saturated rings. The standard InChI is InChI=1S/C14H30N2/c1-5-14(15-6-2)12(3)16(4)13-10-8-7-9-11-13/h12-15H,5-11H2,1-4H3. The molecule has 0 aromatic heterocycles. The van der Waals surface area contributed by atoms with Gasteiger partial charge < -0.3 is 5.32 Å². The van der Waals surface area contributed by atoms with Gasteiger partial charge >= 0.3 is 0 Å². The summed E-state index contributed by atoms with van der Waals surface area (Å²) >= 11 is 0. The summed E-state index contributed by atoms with van der Waals surface area (Å²) in [6, 6.07) is 2.14. The van der Waals surface area contributed by atoms with Crippen LogP contribution < -0.4 is 5.32 Å². The zero-order valence-electron chi connectivity index (χ0n) is 11.6. The molecule has 0 aromatic carbocycles. The molecule has 1 N–H and O–H groups in total. The first-order valence-corrected chi connectivity index (χ1v) is 7.16. The van der Waals surface area contributed by atoms with E-state index in [1.807, 2.05) is 0 Å². The lowest BCUT2D eigenvalue weighted by Crippen LogP contribution is -2.50. The highest BCUT2D eigenvalue weighted by Gasteiger charge is 2.25. The first-order valence-electron chi connectivity index (χ1n) is 7.16. The minimum Gasteiger partial charge on any atom is -0.313 e. The lowest BCUT2D eigenvalue weighted by Gasteiger charge is -2.39. The largest absolute Gasteiger partial charge is 0.313 e. The van der Waals surface area contributed by atoms with Crippen LogP contribution in [0.2, 0.25) is 0 Å². The predicted octanol–water partition coefficient (Wildman–Crippen LogP) is 3.03. The molecule has 2 atom stereocenters. The molecule has 16 heavy (non-hydrogen) atoms. The number of hydrogen-bond acceptors (Lipinski definition) is 2. The van der Waals surface area contributed by atoms with E-state index in [1.54, 1.807) is 0 Å². The molecule has 0 aromatic rings. The third-order valence-corrected chi connectivity index (χ3v) is 4.28. The number of nitrogens with zero attached hydrogens (tertiary/aromatic N) is 1. The highest BCUT2D eigenvalue weighted by atomic mass is 15.2. The molecule has 1 saturated carbocycles. The summed E-state index contributed by atoms with van der Waals surface area (Å²) in [4.78, 5) is 2.62. The first kappa shape index (κ1) is 14.0. The third-order valence-electron chi connectivity index (χ3n) is 4.28. The van der Waals surface area contributed by atoms with Gasteiger partial charge in [-0.3, -0.25) is 4.90 Å². The third kappa shape index (κ3) is 3.74. The van der Waals surface area contributed by atoms with Crippen molar-refractivity contribution in [3.05, 3.63) is 0 Å². The van der Waals surface area contributed by atoms with Gasteiger partial charge in [-0.15, -0.1) is 0 Å². The van der Waals surface area contributed by atoms with Gasteiger partial charge in [-0.05, 0) is 39.8 Å². The van der Waals surface area contributed by atoms with Gasteiger partial charge in [-0.1, -0.05) is 33.1 Å². The number of nitrogens with one attached hydrogen (secondary N) is 1. The summed E-state index contributed by atoms with van der Waals surface area (Å²) in [7, 11) is 2.32. The van der Waals surface area contributed by atoms with Crippen LogP contribution in [0.1, 0.15) is 59.3 Å². The number of hydrogen-bond donors (Lipinski definition) is 1. The van der Waals surface area contributed by atoms with Crippen LogP contribution in [0.3, 0.4) is 0 Å². The van der Waals surface area contributed by atoms with Crippen LogP contribution in [0.5, 0.6) is 0 Å². The maximum atomic E-state index is 3.61. The van der Waals surface area contributed by atoms with Crippen LogP contribution in [-0.4, -0.2) is 36.6 Å². The second-order valence-electron chi connectivity index (χ2n) is 5.27. The van der Waals surface area contributed by atoms with Gasteiger partial charge in [0, 0.05) is 18.1 Å². The Balaban J connectivity index is 2.46. The highest BCUT2D eigenvalue weighted by Crippen LogP contribution is 2.24. The fourth-order valence-electron chi connectivity index (χ4n) is 3.02. The van der Waals surface area contributed by atoms with Gasteiger partial charge in [0.15, 0.2) is 0 Å². The smallest absolute Gasteiger partial charge is 0.0220 e. The van der Waals surface area contributed by atoms with E-state index >= 15 is 0 Å². The van der Waals surface area contributed by atoms with E-state index in [9.17, 15) is 0 Å². The van der Waals surface area contributed by atoms with Crippen molar-refractivity contribution in [2.45, 2.75) is 77.4 Å². The van der Waals surface area contributed by atoms with Crippen molar-refractivity contribution >= 4 is 0 Å². The lowest BCUT2D eigenvalue weighted by atomic mass is 9.92. The topological polar surface area (TPSA) is 15.3 Å². The van der Waals surface area contributed by atoms with Crippen molar-refractivity contribution in [2.24, 2.45) is 0 Å². The quantitative estimate of drug-likeness (QED) is 0.749. The van der Waals surface area contributed by atoms with E-state index in [2.05, 4.69) is 38.0 Å². The summed E-state index contributed by atoms with van der Waals surface area (Å²) in [5.74, 6) is 0. The molecule has 2 heteroatoms. The Morgan fingerprint density at radius 1 is 1.19 bits per heavy atom. The van der Waals surface area contributed by atoms with Crippen LogP contribution >= 0.6 is 0 Å². The van der Waals surface area contributed by atoms with E-state index in [4.69, 9.17) is 0 Å². The summed E-state index contributed by atoms with van der Waals surface area (Å²) in [6.07, 6.45) is 8.35. The van der Waals surface area contributed by atoms with Gasteiger partial charge in [-0.2, -0.15) is 0 Å². The van der Waals surface area contributed by atoms with Crippen LogP contribution in [-0.2, 0) is 0 Å². The average molecular weight is 226 g/mol. The summed E-state index contributed by atoms with van der Waals surface area (Å²) in [5, 5.41) is 3.61. The Morgan fingerprint density at radius 3 is 2.31 bits per heavy atom. The molecule has 0 bridgehead atoms. The average Bonchev–Trinajstić information content (AvgIpc) is 2.35. The predicted molar refractivity (Wildman–Crippen MR) is 71.9 cm³/mol. The van der Waals surface area contributed by atoms with Crippen LogP contribution in [0.15, 0.2) is 0 Å². The van der Waals surface area contributed by atoms with E-state index in [0.717, 1.165) is 12.6 Å². The molecule has 1 aliphatic rings. The summed E-state index contributed by atoms with van der Waals surface area (Å²) in [5.41, 5.74) is 0. The molecular weight excluding hydrogens is 196 g/mol. The Hall–Kier alpha value is -0.0800. The molecule has 2 nitrogen and oxygen atoms in total. The molecule has 0 aliphatic heterocycles. The molecule has 1 aliphatic carbocycles. The Labute approximate surface area is 102 Å². The molecular formula is C14H30N2. The Bertz CT molecular complexity index is 167. The van der Waals surface area contributed by atoms with Gasteiger partial charge in [0.25, 0.3) is 0 Å². The second kappa shape index (κ2) is 7.29. The molecule has 0 saturated heterocycles. The molecule has 0 spiro atoms. The van der Waals surface area contributed by atoms with E-state index < -0.39 is 0 Å². The van der Waals surface area contributed by atoms with Crippen molar-refractivity contribution in [3.8, 4) is 0 Å². The van der Waals surface area contributed by atoms with Crippen LogP contribution in [0.4, 0.5) is 0 Å². The zero-order chi connectivity index (χ0) is 12.0. The Morgan fingerprint density at radius 2 is 1.81 bits per heavy atom. The summed E-state index contributed by atoms with van der Waals surface area (Å²) in [6.45, 7) is 7.96. The first-order chi connectivity index (χ1) is 7.70. The maximum Gasteiger partial charge on any atom is 0.0220 e.